The first-order valence-electron chi connectivity index (χ1n) is 6.78. The van der Waals surface area contributed by atoms with Gasteiger partial charge in [0.15, 0.2) is 0 Å². The van der Waals surface area contributed by atoms with Gasteiger partial charge in [-0.3, -0.25) is 0 Å². The summed E-state index contributed by atoms with van der Waals surface area (Å²) in [4.78, 5) is 19.4. The van der Waals surface area contributed by atoms with Crippen LogP contribution in [0.4, 0.5) is 0 Å². The highest BCUT2D eigenvalue weighted by Gasteiger charge is 2.28. The second kappa shape index (κ2) is 5.74. The molecule has 2 aromatic heterocycles. The van der Waals surface area contributed by atoms with Crippen LogP contribution < -0.4 is 0 Å². The van der Waals surface area contributed by atoms with Crippen LogP contribution in [0.5, 0.6) is 0 Å². The summed E-state index contributed by atoms with van der Waals surface area (Å²) in [7, 11) is 0. The molecule has 1 aliphatic rings. The Kier molecular flexibility index (Phi) is 3.93. The van der Waals surface area contributed by atoms with Crippen molar-refractivity contribution >= 4 is 35.2 Å². The van der Waals surface area contributed by atoms with Crippen molar-refractivity contribution in [2.75, 3.05) is 0 Å². The third-order valence-corrected chi connectivity index (χ3v) is 3.85. The Morgan fingerprint density at radius 2 is 2.00 bits per heavy atom. The highest BCUT2D eigenvalue weighted by atomic mass is 35.5. The number of hydrogen-bond acceptors (Lipinski definition) is 3. The lowest BCUT2D eigenvalue weighted by molar-refractivity contribution is -0.132. The lowest BCUT2D eigenvalue weighted by Gasteiger charge is -2.10. The number of nitrogens with zero attached hydrogens (tertiary/aromatic N) is 3. The SMILES string of the molecule is CC(=Cc1cnc(-c2cc(Cl)nc(Cl)c2)n1C1CC1)C(=O)O. The van der Waals surface area contributed by atoms with Gasteiger partial charge in [0.25, 0.3) is 0 Å². The Balaban J connectivity index is 2.11. The lowest BCUT2D eigenvalue weighted by atomic mass is 10.2. The summed E-state index contributed by atoms with van der Waals surface area (Å²) in [5.41, 5.74) is 1.80. The van der Waals surface area contributed by atoms with E-state index in [1.807, 2.05) is 4.57 Å². The molecule has 0 amide bonds. The Hall–Kier alpha value is -1.85. The molecule has 1 N–H and O–H groups in total. The zero-order valence-electron chi connectivity index (χ0n) is 11.8. The molecule has 2 aromatic rings. The number of carbonyl (C=O) groups is 1. The number of carboxylic acid groups (broad SMARTS) is 1. The number of halogens is 2. The molecule has 0 saturated heterocycles. The minimum Gasteiger partial charge on any atom is -0.478 e. The first-order valence-corrected chi connectivity index (χ1v) is 7.53. The topological polar surface area (TPSA) is 68.0 Å². The fourth-order valence-electron chi connectivity index (χ4n) is 2.29. The van der Waals surface area contributed by atoms with Crippen molar-refractivity contribution in [3.63, 3.8) is 0 Å². The van der Waals surface area contributed by atoms with Gasteiger partial charge in [0.2, 0.25) is 0 Å². The molecule has 114 valence electrons. The molecule has 0 spiro atoms. The lowest BCUT2D eigenvalue weighted by Crippen LogP contribution is -2.02. The minimum atomic E-state index is -0.944. The summed E-state index contributed by atoms with van der Waals surface area (Å²) in [6, 6.07) is 3.73. The summed E-state index contributed by atoms with van der Waals surface area (Å²) in [6.07, 6.45) is 5.38. The second-order valence-electron chi connectivity index (χ2n) is 5.24. The Bertz CT molecular complexity index is 759. The molecule has 0 aliphatic heterocycles. The van der Waals surface area contributed by atoms with Gasteiger partial charge >= 0.3 is 5.97 Å². The predicted octanol–water partition coefficient (Wildman–Crippen LogP) is 4.07. The molecule has 1 saturated carbocycles. The summed E-state index contributed by atoms with van der Waals surface area (Å²) in [6.45, 7) is 1.56. The van der Waals surface area contributed by atoms with E-state index in [2.05, 4.69) is 9.97 Å². The van der Waals surface area contributed by atoms with Gasteiger partial charge in [-0.15, -0.1) is 0 Å². The number of rotatable bonds is 4. The van der Waals surface area contributed by atoms with Gasteiger partial charge in [-0.2, -0.15) is 0 Å². The van der Waals surface area contributed by atoms with Crippen molar-refractivity contribution < 1.29 is 9.90 Å². The molecular weight excluding hydrogens is 325 g/mol. The van der Waals surface area contributed by atoms with Crippen molar-refractivity contribution in [3.8, 4) is 11.4 Å². The largest absolute Gasteiger partial charge is 0.478 e. The van der Waals surface area contributed by atoms with Gasteiger partial charge in [0.1, 0.15) is 16.1 Å². The third-order valence-electron chi connectivity index (χ3n) is 3.46. The van der Waals surface area contributed by atoms with Crippen LogP contribution in [0.15, 0.2) is 23.9 Å². The van der Waals surface area contributed by atoms with Crippen LogP contribution >= 0.6 is 23.2 Å². The molecule has 7 heteroatoms. The van der Waals surface area contributed by atoms with E-state index in [4.69, 9.17) is 28.3 Å². The van der Waals surface area contributed by atoms with E-state index < -0.39 is 5.97 Å². The van der Waals surface area contributed by atoms with E-state index in [-0.39, 0.29) is 5.57 Å². The third kappa shape index (κ3) is 3.00. The van der Waals surface area contributed by atoms with E-state index in [9.17, 15) is 4.79 Å². The molecule has 1 aliphatic carbocycles. The Morgan fingerprint density at radius 3 is 2.55 bits per heavy atom. The maximum atomic E-state index is 11.0. The highest BCUT2D eigenvalue weighted by molar-refractivity contribution is 6.32. The van der Waals surface area contributed by atoms with Gasteiger partial charge in [-0.25, -0.2) is 14.8 Å². The van der Waals surface area contributed by atoms with Gasteiger partial charge < -0.3 is 9.67 Å². The first-order chi connectivity index (χ1) is 10.5. The number of aliphatic carboxylic acids is 1. The average molecular weight is 338 g/mol. The molecule has 5 nitrogen and oxygen atoms in total. The van der Waals surface area contributed by atoms with Crippen molar-refractivity contribution in [1.29, 1.82) is 0 Å². The number of pyridine rings is 1. The normalized spacial score (nSPS) is 15.1. The maximum absolute atomic E-state index is 11.0. The fraction of sp³-hybridized carbons (Fsp3) is 0.267. The minimum absolute atomic E-state index is 0.263. The van der Waals surface area contributed by atoms with E-state index in [0.29, 0.717) is 16.3 Å². The molecule has 2 heterocycles. The predicted molar refractivity (Wildman–Crippen MR) is 85.0 cm³/mol. The van der Waals surface area contributed by atoms with E-state index >= 15 is 0 Å². The fourth-order valence-corrected chi connectivity index (χ4v) is 2.75. The summed E-state index contributed by atoms with van der Waals surface area (Å²) in [5.74, 6) is -0.224. The number of imidazole rings is 1. The first kappa shape index (κ1) is 15.1. The van der Waals surface area contributed by atoms with Crippen LogP contribution in [-0.4, -0.2) is 25.6 Å². The molecule has 0 atom stereocenters. The van der Waals surface area contributed by atoms with E-state index in [1.165, 1.54) is 0 Å². The maximum Gasteiger partial charge on any atom is 0.331 e. The quantitative estimate of drug-likeness (QED) is 0.674. The standard InChI is InChI=1S/C15H13Cl2N3O2/c1-8(15(21)22)4-11-7-18-14(20(11)10-2-3-10)9-5-12(16)19-13(17)6-9/h4-7,10H,2-3H2,1H3,(H,21,22). The smallest absolute Gasteiger partial charge is 0.331 e. The molecule has 0 bridgehead atoms. The molecule has 22 heavy (non-hydrogen) atoms. The Morgan fingerprint density at radius 1 is 1.36 bits per heavy atom. The molecule has 0 aromatic carbocycles. The summed E-state index contributed by atoms with van der Waals surface area (Å²) >= 11 is 11.9. The average Bonchev–Trinajstić information content (AvgIpc) is 3.18. The molecule has 1 fully saturated rings. The van der Waals surface area contributed by atoms with E-state index in [1.54, 1.807) is 31.3 Å². The van der Waals surface area contributed by atoms with Crippen LogP contribution in [-0.2, 0) is 4.79 Å². The van der Waals surface area contributed by atoms with E-state index in [0.717, 1.165) is 29.9 Å². The van der Waals surface area contributed by atoms with Crippen LogP contribution in [0.3, 0.4) is 0 Å². The number of carboxylic acids is 1. The molecule has 0 radical (unpaired) electrons. The van der Waals surface area contributed by atoms with Gasteiger partial charge in [-0.05, 0) is 38.0 Å². The summed E-state index contributed by atoms with van der Waals surface area (Å²) < 4.78 is 2.04. The molecule has 0 unspecified atom stereocenters. The molecular formula is C15H13Cl2N3O2. The van der Waals surface area contributed by atoms with Crippen LogP contribution in [0.2, 0.25) is 10.3 Å². The van der Waals surface area contributed by atoms with Crippen molar-refractivity contribution in [2.45, 2.75) is 25.8 Å². The monoisotopic (exact) mass is 337 g/mol. The second-order valence-corrected chi connectivity index (χ2v) is 6.02. The van der Waals surface area contributed by atoms with Crippen LogP contribution in [0, 0.1) is 0 Å². The molecule has 3 rings (SSSR count). The van der Waals surface area contributed by atoms with Crippen molar-refractivity contribution in [1.82, 2.24) is 14.5 Å². The summed E-state index contributed by atoms with van der Waals surface area (Å²) in [5, 5.41) is 9.64. The van der Waals surface area contributed by atoms with Crippen molar-refractivity contribution in [3.05, 3.63) is 39.9 Å². The van der Waals surface area contributed by atoms with Gasteiger partial charge in [0.05, 0.1) is 11.9 Å². The van der Waals surface area contributed by atoms with Gasteiger partial charge in [-0.1, -0.05) is 23.2 Å². The van der Waals surface area contributed by atoms with Crippen LogP contribution in [0.1, 0.15) is 31.5 Å². The van der Waals surface area contributed by atoms with Crippen LogP contribution in [0.25, 0.3) is 17.5 Å². The zero-order valence-corrected chi connectivity index (χ0v) is 13.3. The Labute approximate surface area is 137 Å². The zero-order chi connectivity index (χ0) is 15.9. The highest BCUT2D eigenvalue weighted by Crippen LogP contribution is 2.40. The number of hydrogen-bond donors (Lipinski definition) is 1. The number of aromatic nitrogens is 3. The van der Waals surface area contributed by atoms with Gasteiger partial charge in [0, 0.05) is 17.2 Å². The van der Waals surface area contributed by atoms with Crippen molar-refractivity contribution in [2.24, 2.45) is 0 Å².